The van der Waals surface area contributed by atoms with E-state index in [-0.39, 0.29) is 11.8 Å². The molecule has 64 valence electrons. The third-order valence-electron chi connectivity index (χ3n) is 0.985. The number of nitrogens with zero attached hydrogens (tertiary/aromatic N) is 1. The van der Waals surface area contributed by atoms with Crippen molar-refractivity contribution in [1.82, 2.24) is 9.97 Å². The molecule has 0 saturated heterocycles. The molecule has 6 heteroatoms. The van der Waals surface area contributed by atoms with Gasteiger partial charge in [0, 0.05) is 6.92 Å². The SMILES string of the molecule is CC(=O)Oc1cc(=O)[nH]c(N)n1. The van der Waals surface area contributed by atoms with Crippen molar-refractivity contribution in [1.29, 1.82) is 0 Å². The number of hydrogen-bond donors (Lipinski definition) is 2. The van der Waals surface area contributed by atoms with Crippen molar-refractivity contribution in [3.63, 3.8) is 0 Å². The fourth-order valence-corrected chi connectivity index (χ4v) is 0.653. The lowest BCUT2D eigenvalue weighted by Crippen LogP contribution is -2.13. The molecule has 0 saturated carbocycles. The summed E-state index contributed by atoms with van der Waals surface area (Å²) in [6.07, 6.45) is 0. The fraction of sp³-hybridized carbons (Fsp3) is 0.167. The van der Waals surface area contributed by atoms with Crippen LogP contribution in [0.25, 0.3) is 0 Å². The van der Waals surface area contributed by atoms with E-state index in [1.165, 1.54) is 6.92 Å². The van der Waals surface area contributed by atoms with Gasteiger partial charge in [0.05, 0.1) is 6.07 Å². The van der Waals surface area contributed by atoms with Crippen molar-refractivity contribution < 1.29 is 9.53 Å². The number of carbonyl (C=O) groups is 1. The lowest BCUT2D eigenvalue weighted by molar-refractivity contribution is -0.132. The minimum Gasteiger partial charge on any atom is -0.407 e. The number of nitrogens with two attached hydrogens (primary N) is 1. The summed E-state index contributed by atoms with van der Waals surface area (Å²) in [5, 5.41) is 0. The number of aromatic amines is 1. The van der Waals surface area contributed by atoms with Gasteiger partial charge in [0.15, 0.2) is 0 Å². The number of nitrogen functional groups attached to an aromatic ring is 1. The molecule has 1 rings (SSSR count). The van der Waals surface area contributed by atoms with E-state index in [1.807, 2.05) is 0 Å². The normalized spacial score (nSPS) is 9.42. The lowest BCUT2D eigenvalue weighted by Gasteiger charge is -1.98. The van der Waals surface area contributed by atoms with E-state index in [0.717, 1.165) is 6.07 Å². The van der Waals surface area contributed by atoms with Gasteiger partial charge in [0.2, 0.25) is 11.8 Å². The highest BCUT2D eigenvalue weighted by molar-refractivity contribution is 5.68. The molecule has 0 aliphatic heterocycles. The lowest BCUT2D eigenvalue weighted by atomic mass is 10.6. The molecule has 0 fully saturated rings. The third kappa shape index (κ3) is 2.08. The van der Waals surface area contributed by atoms with Crippen LogP contribution in [0.5, 0.6) is 5.88 Å². The summed E-state index contributed by atoms with van der Waals surface area (Å²) in [5.74, 6) is -0.727. The minimum atomic E-state index is -0.549. The number of nitrogens with one attached hydrogen (secondary N) is 1. The second-order valence-corrected chi connectivity index (χ2v) is 2.06. The van der Waals surface area contributed by atoms with Gasteiger partial charge in [-0.2, -0.15) is 4.98 Å². The molecular formula is C6H7N3O3. The average Bonchev–Trinajstić information content (AvgIpc) is 1.81. The number of esters is 1. The van der Waals surface area contributed by atoms with Crippen LogP contribution in [0.1, 0.15) is 6.92 Å². The summed E-state index contributed by atoms with van der Waals surface area (Å²) in [6, 6.07) is 1.04. The molecule has 3 N–H and O–H groups in total. The number of H-pyrrole nitrogens is 1. The van der Waals surface area contributed by atoms with Crippen molar-refractivity contribution in [2.75, 3.05) is 5.73 Å². The molecule has 12 heavy (non-hydrogen) atoms. The smallest absolute Gasteiger partial charge is 0.309 e. The van der Waals surface area contributed by atoms with E-state index < -0.39 is 11.5 Å². The van der Waals surface area contributed by atoms with E-state index in [1.54, 1.807) is 0 Å². The quantitative estimate of drug-likeness (QED) is 0.540. The van der Waals surface area contributed by atoms with Gasteiger partial charge in [-0.3, -0.25) is 14.6 Å². The van der Waals surface area contributed by atoms with Crippen LogP contribution in [-0.4, -0.2) is 15.9 Å². The van der Waals surface area contributed by atoms with Crippen LogP contribution in [0, 0.1) is 0 Å². The number of aromatic nitrogens is 2. The molecule has 6 nitrogen and oxygen atoms in total. The highest BCUT2D eigenvalue weighted by atomic mass is 16.5. The number of ether oxygens (including phenoxy) is 1. The monoisotopic (exact) mass is 169 g/mol. The molecule has 0 radical (unpaired) electrons. The Bertz CT molecular complexity index is 357. The molecule has 0 aromatic carbocycles. The summed E-state index contributed by atoms with van der Waals surface area (Å²) < 4.78 is 4.53. The van der Waals surface area contributed by atoms with Gasteiger partial charge in [-0.25, -0.2) is 0 Å². The Morgan fingerprint density at radius 1 is 1.75 bits per heavy atom. The standard InChI is InChI=1S/C6H7N3O3/c1-3(10)12-5-2-4(11)8-6(7)9-5/h2H,1H3,(H3,7,8,9,11). The highest BCUT2D eigenvalue weighted by Gasteiger charge is 2.01. The second-order valence-electron chi connectivity index (χ2n) is 2.06. The molecule has 0 amide bonds. The van der Waals surface area contributed by atoms with Gasteiger partial charge in [-0.05, 0) is 0 Å². The molecule has 0 aliphatic carbocycles. The first-order valence-electron chi connectivity index (χ1n) is 3.13. The van der Waals surface area contributed by atoms with Gasteiger partial charge < -0.3 is 10.5 Å². The largest absolute Gasteiger partial charge is 0.407 e. The van der Waals surface area contributed by atoms with Crippen LogP contribution in [0.3, 0.4) is 0 Å². The Balaban J connectivity index is 3.01. The Hall–Kier alpha value is -1.85. The first-order valence-corrected chi connectivity index (χ1v) is 3.13. The molecule has 0 atom stereocenters. The molecule has 0 spiro atoms. The maximum Gasteiger partial charge on any atom is 0.309 e. The Morgan fingerprint density at radius 3 is 2.92 bits per heavy atom. The maximum atomic E-state index is 10.7. The van der Waals surface area contributed by atoms with Crippen LogP contribution in [0.2, 0.25) is 0 Å². The number of anilines is 1. The van der Waals surface area contributed by atoms with Crippen LogP contribution in [0.4, 0.5) is 5.95 Å². The van der Waals surface area contributed by atoms with E-state index in [0.29, 0.717) is 0 Å². The number of rotatable bonds is 1. The molecule has 1 heterocycles. The zero-order valence-corrected chi connectivity index (χ0v) is 6.33. The summed E-state index contributed by atoms with van der Waals surface area (Å²) in [5.41, 5.74) is 4.72. The molecular weight excluding hydrogens is 162 g/mol. The summed E-state index contributed by atoms with van der Waals surface area (Å²) >= 11 is 0. The third-order valence-corrected chi connectivity index (χ3v) is 0.985. The Labute approximate surface area is 67.4 Å². The number of hydrogen-bond acceptors (Lipinski definition) is 5. The predicted molar refractivity (Wildman–Crippen MR) is 40.6 cm³/mol. The van der Waals surface area contributed by atoms with Crippen LogP contribution in [0.15, 0.2) is 10.9 Å². The van der Waals surface area contributed by atoms with E-state index in [9.17, 15) is 9.59 Å². The summed E-state index contributed by atoms with van der Waals surface area (Å²) in [4.78, 5) is 26.9. The van der Waals surface area contributed by atoms with Crippen molar-refractivity contribution >= 4 is 11.9 Å². The zero-order chi connectivity index (χ0) is 9.14. The maximum absolute atomic E-state index is 10.7. The first kappa shape index (κ1) is 8.25. The first-order chi connectivity index (χ1) is 5.58. The molecule has 1 aromatic heterocycles. The Kier molecular flexibility index (Phi) is 2.09. The van der Waals surface area contributed by atoms with Crippen LogP contribution >= 0.6 is 0 Å². The van der Waals surface area contributed by atoms with Crippen molar-refractivity contribution in [2.45, 2.75) is 6.92 Å². The highest BCUT2D eigenvalue weighted by Crippen LogP contribution is 2.02. The molecule has 1 aromatic rings. The van der Waals surface area contributed by atoms with E-state index >= 15 is 0 Å². The van der Waals surface area contributed by atoms with Gasteiger partial charge in [-0.15, -0.1) is 0 Å². The molecule has 0 unspecified atom stereocenters. The summed E-state index contributed by atoms with van der Waals surface area (Å²) in [6.45, 7) is 1.21. The van der Waals surface area contributed by atoms with Crippen LogP contribution in [-0.2, 0) is 4.79 Å². The van der Waals surface area contributed by atoms with Gasteiger partial charge >= 0.3 is 5.97 Å². The van der Waals surface area contributed by atoms with Crippen molar-refractivity contribution in [3.8, 4) is 5.88 Å². The van der Waals surface area contributed by atoms with Crippen molar-refractivity contribution in [2.24, 2.45) is 0 Å². The Morgan fingerprint density at radius 2 is 2.42 bits per heavy atom. The van der Waals surface area contributed by atoms with Crippen LogP contribution < -0.4 is 16.0 Å². The predicted octanol–water partition coefficient (Wildman–Crippen LogP) is -0.723. The minimum absolute atomic E-state index is 0.0845. The zero-order valence-electron chi connectivity index (χ0n) is 6.33. The summed E-state index contributed by atoms with van der Waals surface area (Å²) in [7, 11) is 0. The molecule has 0 bridgehead atoms. The van der Waals surface area contributed by atoms with Gasteiger partial charge in [0.1, 0.15) is 0 Å². The van der Waals surface area contributed by atoms with E-state index in [2.05, 4.69) is 14.7 Å². The topological polar surface area (TPSA) is 98.1 Å². The van der Waals surface area contributed by atoms with Gasteiger partial charge in [0.25, 0.3) is 5.56 Å². The van der Waals surface area contributed by atoms with E-state index in [4.69, 9.17) is 5.73 Å². The average molecular weight is 169 g/mol. The molecule has 0 aliphatic rings. The number of carbonyl (C=O) groups excluding carboxylic acids is 1. The van der Waals surface area contributed by atoms with Crippen molar-refractivity contribution in [3.05, 3.63) is 16.4 Å². The fourth-order valence-electron chi connectivity index (χ4n) is 0.653. The second kappa shape index (κ2) is 3.04. The van der Waals surface area contributed by atoms with Gasteiger partial charge in [-0.1, -0.05) is 0 Å².